The van der Waals surface area contributed by atoms with E-state index in [1.807, 2.05) is 12.1 Å². The molecule has 0 N–H and O–H groups in total. The minimum Gasteiger partial charge on any atom is -0.461 e. The van der Waals surface area contributed by atoms with Crippen LogP contribution in [0.2, 0.25) is 0 Å². The van der Waals surface area contributed by atoms with E-state index < -0.39 is 0 Å². The molecule has 1 aliphatic carbocycles. The van der Waals surface area contributed by atoms with Gasteiger partial charge in [0.2, 0.25) is 0 Å². The normalized spacial score (nSPS) is 12.7. The highest BCUT2D eigenvalue weighted by molar-refractivity contribution is 6.09. The van der Waals surface area contributed by atoms with Crippen LogP contribution in [0.5, 0.6) is 0 Å². The second-order valence-electron chi connectivity index (χ2n) is 4.65. The van der Waals surface area contributed by atoms with Crippen LogP contribution in [0.4, 0.5) is 0 Å². The maximum absolute atomic E-state index is 10.9. The Labute approximate surface area is 106 Å². The van der Waals surface area contributed by atoms with Gasteiger partial charge < -0.3 is 4.74 Å². The van der Waals surface area contributed by atoms with E-state index in [4.69, 9.17) is 4.74 Å². The maximum atomic E-state index is 10.9. The molecule has 0 heterocycles. The molecule has 2 heteroatoms. The van der Waals surface area contributed by atoms with Crippen molar-refractivity contribution >= 4 is 28.4 Å². The molecule has 0 amide bonds. The summed E-state index contributed by atoms with van der Waals surface area (Å²) in [5, 5.41) is 2.46. The van der Waals surface area contributed by atoms with Crippen molar-refractivity contribution in [3.8, 4) is 0 Å². The molecule has 0 bridgehead atoms. The van der Waals surface area contributed by atoms with Crippen LogP contribution >= 0.6 is 0 Å². The Bertz CT molecular complexity index is 681. The second kappa shape index (κ2) is 3.98. The van der Waals surface area contributed by atoms with Crippen LogP contribution in [-0.4, -0.2) is 5.97 Å². The van der Waals surface area contributed by atoms with E-state index in [2.05, 4.69) is 31.2 Å². The van der Waals surface area contributed by atoms with Crippen molar-refractivity contribution in [1.29, 1.82) is 0 Å². The van der Waals surface area contributed by atoms with Crippen molar-refractivity contribution in [3.63, 3.8) is 0 Å². The number of benzene rings is 2. The summed E-state index contributed by atoms with van der Waals surface area (Å²) in [6.07, 6.45) is 2.20. The Kier molecular flexibility index (Phi) is 2.44. The third-order valence-electron chi connectivity index (χ3n) is 3.39. The van der Waals surface area contributed by atoms with Crippen molar-refractivity contribution < 1.29 is 9.53 Å². The topological polar surface area (TPSA) is 26.3 Å². The molecule has 0 atom stereocenters. The minimum atomic E-state index is -0.243. The minimum absolute atomic E-state index is 0.243. The molecular formula is C16H14O2. The molecule has 90 valence electrons. The van der Waals surface area contributed by atoms with Crippen molar-refractivity contribution in [1.82, 2.24) is 0 Å². The lowest BCUT2D eigenvalue weighted by atomic mass is 9.98. The van der Waals surface area contributed by atoms with Crippen LogP contribution in [0, 0.1) is 0 Å². The molecular weight excluding hydrogens is 224 g/mol. The van der Waals surface area contributed by atoms with Gasteiger partial charge in [0.25, 0.3) is 0 Å². The van der Waals surface area contributed by atoms with Gasteiger partial charge >= 0.3 is 5.97 Å². The van der Waals surface area contributed by atoms with Crippen molar-refractivity contribution in [2.24, 2.45) is 0 Å². The van der Waals surface area contributed by atoms with E-state index in [9.17, 15) is 4.79 Å². The van der Waals surface area contributed by atoms with Gasteiger partial charge in [-0.3, -0.25) is 4.79 Å². The van der Waals surface area contributed by atoms with Crippen LogP contribution in [0.25, 0.3) is 22.4 Å². The lowest BCUT2D eigenvalue weighted by Gasteiger charge is -2.09. The van der Waals surface area contributed by atoms with Gasteiger partial charge in [-0.1, -0.05) is 36.4 Å². The lowest BCUT2D eigenvalue weighted by Crippen LogP contribution is -1.99. The predicted octanol–water partition coefficient (Wildman–Crippen LogP) is 3.78. The monoisotopic (exact) mass is 238 g/mol. The molecule has 18 heavy (non-hydrogen) atoms. The molecule has 0 aromatic heterocycles. The van der Waals surface area contributed by atoms with Gasteiger partial charge in [-0.15, -0.1) is 0 Å². The van der Waals surface area contributed by atoms with Gasteiger partial charge in [-0.25, -0.2) is 0 Å². The van der Waals surface area contributed by atoms with Crippen molar-refractivity contribution in [3.05, 3.63) is 47.0 Å². The zero-order valence-corrected chi connectivity index (χ0v) is 10.5. The van der Waals surface area contributed by atoms with E-state index in [-0.39, 0.29) is 5.97 Å². The first kappa shape index (κ1) is 11.0. The molecule has 2 nitrogen and oxygen atoms in total. The number of allylic oxidation sites excluding steroid dienone is 1. The van der Waals surface area contributed by atoms with Crippen molar-refractivity contribution in [2.75, 3.05) is 0 Å². The fraction of sp³-hybridized carbons (Fsp3) is 0.188. The number of rotatable bonds is 2. The molecule has 1 aliphatic rings. The highest BCUT2D eigenvalue weighted by Gasteiger charge is 2.15. The number of carbonyl (C=O) groups is 1. The summed E-state index contributed by atoms with van der Waals surface area (Å²) in [5.74, 6) is -0.243. The molecule has 0 radical (unpaired) electrons. The molecule has 0 aliphatic heterocycles. The lowest BCUT2D eigenvalue weighted by molar-refractivity contribution is -0.142. The van der Waals surface area contributed by atoms with Gasteiger partial charge in [0.05, 0.1) is 0 Å². The Morgan fingerprint density at radius 3 is 2.83 bits per heavy atom. The summed E-state index contributed by atoms with van der Waals surface area (Å²) in [7, 11) is 0. The van der Waals surface area contributed by atoms with Crippen LogP contribution in [-0.2, 0) is 16.1 Å². The van der Waals surface area contributed by atoms with E-state index in [1.165, 1.54) is 34.4 Å². The first-order chi connectivity index (χ1) is 8.66. The smallest absolute Gasteiger partial charge is 0.302 e. The van der Waals surface area contributed by atoms with E-state index >= 15 is 0 Å². The fourth-order valence-corrected chi connectivity index (χ4v) is 2.56. The summed E-state index contributed by atoms with van der Waals surface area (Å²) in [6, 6.07) is 10.4. The largest absolute Gasteiger partial charge is 0.461 e. The van der Waals surface area contributed by atoms with E-state index in [0.29, 0.717) is 6.61 Å². The SMILES string of the molecule is CC(=O)OCc1ccc2c3c(cccc13)C=C2C. The molecule has 0 saturated heterocycles. The van der Waals surface area contributed by atoms with Crippen LogP contribution in [0.3, 0.4) is 0 Å². The fourth-order valence-electron chi connectivity index (χ4n) is 2.56. The molecule has 0 saturated carbocycles. The molecule has 0 spiro atoms. The third kappa shape index (κ3) is 1.61. The first-order valence-corrected chi connectivity index (χ1v) is 6.03. The Morgan fingerprint density at radius 1 is 1.22 bits per heavy atom. The van der Waals surface area contributed by atoms with Gasteiger partial charge in [-0.2, -0.15) is 0 Å². The first-order valence-electron chi connectivity index (χ1n) is 6.03. The van der Waals surface area contributed by atoms with Crippen LogP contribution < -0.4 is 0 Å². The summed E-state index contributed by atoms with van der Waals surface area (Å²) in [6.45, 7) is 3.90. The van der Waals surface area contributed by atoms with Gasteiger partial charge in [0.15, 0.2) is 0 Å². The highest BCUT2D eigenvalue weighted by Crippen LogP contribution is 2.37. The maximum Gasteiger partial charge on any atom is 0.302 e. The van der Waals surface area contributed by atoms with Gasteiger partial charge in [0.1, 0.15) is 6.61 Å². The Hall–Kier alpha value is -2.09. The number of ether oxygens (including phenoxy) is 1. The summed E-state index contributed by atoms with van der Waals surface area (Å²) >= 11 is 0. The number of esters is 1. The predicted molar refractivity (Wildman–Crippen MR) is 73.0 cm³/mol. The average molecular weight is 238 g/mol. The summed E-state index contributed by atoms with van der Waals surface area (Å²) in [5.41, 5.74) is 4.89. The number of carbonyl (C=O) groups excluding carboxylic acids is 1. The quantitative estimate of drug-likeness (QED) is 0.744. The molecule has 0 unspecified atom stereocenters. The Morgan fingerprint density at radius 2 is 2.06 bits per heavy atom. The van der Waals surface area contributed by atoms with Gasteiger partial charge in [0, 0.05) is 6.92 Å². The summed E-state index contributed by atoms with van der Waals surface area (Å²) < 4.78 is 5.11. The van der Waals surface area contributed by atoms with Gasteiger partial charge in [-0.05, 0) is 40.0 Å². The standard InChI is InChI=1S/C16H14O2/c1-10-8-12-4-3-5-15-13(9-18-11(2)17)6-7-14(10)16(12)15/h3-8H,9H2,1-2H3. The average Bonchev–Trinajstić information content (AvgIpc) is 2.67. The molecule has 2 aromatic carbocycles. The van der Waals surface area contributed by atoms with Crippen LogP contribution in [0.15, 0.2) is 30.3 Å². The summed E-state index contributed by atoms with van der Waals surface area (Å²) in [4.78, 5) is 10.9. The number of hydrogen-bond donors (Lipinski definition) is 0. The second-order valence-corrected chi connectivity index (χ2v) is 4.65. The number of hydrogen-bond acceptors (Lipinski definition) is 2. The third-order valence-corrected chi connectivity index (χ3v) is 3.39. The molecule has 3 rings (SSSR count). The molecule has 0 fully saturated rings. The molecule has 2 aromatic rings. The Balaban J connectivity index is 2.16. The zero-order chi connectivity index (χ0) is 12.7. The van der Waals surface area contributed by atoms with E-state index in [1.54, 1.807) is 0 Å². The van der Waals surface area contributed by atoms with E-state index in [0.717, 1.165) is 5.56 Å². The highest BCUT2D eigenvalue weighted by atomic mass is 16.5. The van der Waals surface area contributed by atoms with Crippen molar-refractivity contribution in [2.45, 2.75) is 20.5 Å². The van der Waals surface area contributed by atoms with Crippen LogP contribution in [0.1, 0.15) is 30.5 Å². The zero-order valence-electron chi connectivity index (χ0n) is 10.5.